The highest BCUT2D eigenvalue weighted by atomic mass is 127. The number of nitrogens with one attached hydrogen (secondary N) is 2. The van der Waals surface area contributed by atoms with Crippen LogP contribution in [0.15, 0.2) is 18.2 Å². The zero-order chi connectivity index (χ0) is 15.5. The summed E-state index contributed by atoms with van der Waals surface area (Å²) in [5, 5.41) is 10.3. The molecule has 2 N–H and O–H groups in total. The predicted molar refractivity (Wildman–Crippen MR) is 94.6 cm³/mol. The number of hydrogen-bond acceptors (Lipinski definition) is 4. The van der Waals surface area contributed by atoms with Gasteiger partial charge in [0.15, 0.2) is 0 Å². The number of aromatic amines is 1. The first-order valence-electron chi connectivity index (χ1n) is 7.07. The molecule has 1 aliphatic rings. The number of halogens is 2. The molecule has 1 saturated heterocycles. The molecule has 0 unspecified atom stereocenters. The number of hydrogen-bond donors (Lipinski definition) is 2. The quantitative estimate of drug-likeness (QED) is 0.731. The molecule has 0 spiro atoms. The van der Waals surface area contributed by atoms with E-state index in [0.717, 1.165) is 29.5 Å². The summed E-state index contributed by atoms with van der Waals surface area (Å²) in [7, 11) is 0. The summed E-state index contributed by atoms with van der Waals surface area (Å²) in [6.07, 6.45) is 3.55. The van der Waals surface area contributed by atoms with E-state index in [-0.39, 0.29) is 5.91 Å². The van der Waals surface area contributed by atoms with Crippen LogP contribution in [0.1, 0.15) is 29.6 Å². The first kappa shape index (κ1) is 15.5. The smallest absolute Gasteiger partial charge is 0.259 e. The summed E-state index contributed by atoms with van der Waals surface area (Å²) >= 11 is 7.99. The molecule has 1 aromatic heterocycles. The summed E-state index contributed by atoms with van der Waals surface area (Å²) in [6, 6.07) is 5.14. The van der Waals surface area contributed by atoms with E-state index in [1.807, 2.05) is 0 Å². The molecule has 8 heteroatoms. The Bertz CT molecular complexity index is 684. The van der Waals surface area contributed by atoms with Crippen LogP contribution in [0.2, 0.25) is 5.02 Å². The van der Waals surface area contributed by atoms with Gasteiger partial charge in [-0.2, -0.15) is 4.98 Å². The molecule has 0 aliphatic carbocycles. The summed E-state index contributed by atoms with van der Waals surface area (Å²) in [5.41, 5.74) is 0.556. The topological polar surface area (TPSA) is 73.9 Å². The number of carbonyl (C=O) groups excluding carboxylic acids is 1. The minimum Gasteiger partial charge on any atom is -0.340 e. The molecule has 6 nitrogen and oxygen atoms in total. The third kappa shape index (κ3) is 3.52. The molecule has 116 valence electrons. The third-order valence-corrected chi connectivity index (χ3v) is 4.65. The van der Waals surface area contributed by atoms with E-state index in [1.165, 1.54) is 6.42 Å². The van der Waals surface area contributed by atoms with Crippen LogP contribution in [0, 0.1) is 3.57 Å². The number of aromatic nitrogens is 3. The zero-order valence-corrected chi connectivity index (χ0v) is 14.7. The van der Waals surface area contributed by atoms with Crippen molar-refractivity contribution in [3.05, 3.63) is 32.4 Å². The Morgan fingerprint density at radius 3 is 2.82 bits per heavy atom. The van der Waals surface area contributed by atoms with Crippen LogP contribution < -0.4 is 10.2 Å². The molecule has 0 saturated carbocycles. The molecule has 0 atom stereocenters. The van der Waals surface area contributed by atoms with Gasteiger partial charge in [0.25, 0.3) is 5.91 Å². The Hall–Kier alpha value is -1.35. The number of amides is 1. The van der Waals surface area contributed by atoms with Crippen molar-refractivity contribution in [1.82, 2.24) is 15.2 Å². The van der Waals surface area contributed by atoms with Crippen LogP contribution in [0.4, 0.5) is 11.9 Å². The predicted octanol–water partition coefficient (Wildman–Crippen LogP) is 3.31. The molecular formula is C14H15ClIN5O. The lowest BCUT2D eigenvalue weighted by Gasteiger charge is -2.24. The normalized spacial score (nSPS) is 14.9. The highest BCUT2D eigenvalue weighted by molar-refractivity contribution is 14.1. The van der Waals surface area contributed by atoms with E-state index >= 15 is 0 Å². The molecule has 0 bridgehead atoms. The number of benzene rings is 1. The van der Waals surface area contributed by atoms with Crippen molar-refractivity contribution < 1.29 is 4.79 Å². The van der Waals surface area contributed by atoms with Crippen LogP contribution in [0.5, 0.6) is 0 Å². The molecule has 1 fully saturated rings. The van der Waals surface area contributed by atoms with Crippen molar-refractivity contribution in [3.8, 4) is 0 Å². The van der Waals surface area contributed by atoms with Crippen molar-refractivity contribution in [2.45, 2.75) is 19.3 Å². The number of anilines is 2. The Morgan fingerprint density at radius 1 is 1.32 bits per heavy atom. The fourth-order valence-electron chi connectivity index (χ4n) is 2.39. The monoisotopic (exact) mass is 431 g/mol. The van der Waals surface area contributed by atoms with E-state index in [9.17, 15) is 4.79 Å². The van der Waals surface area contributed by atoms with Crippen LogP contribution in [0.25, 0.3) is 0 Å². The Morgan fingerprint density at radius 2 is 2.09 bits per heavy atom. The molecule has 1 amide bonds. The highest BCUT2D eigenvalue weighted by Gasteiger charge is 2.17. The van der Waals surface area contributed by atoms with Crippen molar-refractivity contribution in [2.75, 3.05) is 23.3 Å². The van der Waals surface area contributed by atoms with Crippen LogP contribution in [-0.2, 0) is 0 Å². The van der Waals surface area contributed by atoms with Crippen LogP contribution >= 0.6 is 34.2 Å². The molecular weight excluding hydrogens is 417 g/mol. The summed E-state index contributed by atoms with van der Waals surface area (Å²) in [6.45, 7) is 1.92. The van der Waals surface area contributed by atoms with E-state index in [0.29, 0.717) is 22.5 Å². The second-order valence-corrected chi connectivity index (χ2v) is 6.71. The van der Waals surface area contributed by atoms with E-state index < -0.39 is 0 Å². The van der Waals surface area contributed by atoms with Crippen LogP contribution in [0.3, 0.4) is 0 Å². The number of rotatable bonds is 3. The second-order valence-electron chi connectivity index (χ2n) is 5.11. The van der Waals surface area contributed by atoms with Gasteiger partial charge in [-0.15, -0.1) is 5.10 Å². The van der Waals surface area contributed by atoms with E-state index in [2.05, 4.69) is 48.0 Å². The molecule has 1 aromatic carbocycles. The second kappa shape index (κ2) is 6.82. The maximum absolute atomic E-state index is 12.3. The van der Waals surface area contributed by atoms with Gasteiger partial charge in [0.1, 0.15) is 0 Å². The Kier molecular flexibility index (Phi) is 4.82. The van der Waals surface area contributed by atoms with Crippen molar-refractivity contribution in [3.63, 3.8) is 0 Å². The van der Waals surface area contributed by atoms with Gasteiger partial charge in [-0.3, -0.25) is 10.1 Å². The van der Waals surface area contributed by atoms with Gasteiger partial charge < -0.3 is 4.90 Å². The minimum absolute atomic E-state index is 0.234. The molecule has 2 heterocycles. The van der Waals surface area contributed by atoms with Crippen molar-refractivity contribution in [2.24, 2.45) is 0 Å². The lowest BCUT2D eigenvalue weighted by Crippen LogP contribution is -2.30. The Balaban J connectivity index is 1.70. The van der Waals surface area contributed by atoms with Crippen molar-refractivity contribution >= 4 is 52.0 Å². The van der Waals surface area contributed by atoms with Gasteiger partial charge >= 0.3 is 0 Å². The summed E-state index contributed by atoms with van der Waals surface area (Å²) in [5.74, 6) is 0.763. The zero-order valence-electron chi connectivity index (χ0n) is 11.8. The molecule has 0 radical (unpaired) electrons. The van der Waals surface area contributed by atoms with Gasteiger partial charge in [0, 0.05) is 21.7 Å². The molecule has 1 aliphatic heterocycles. The van der Waals surface area contributed by atoms with Gasteiger partial charge in [-0.05, 0) is 60.1 Å². The van der Waals surface area contributed by atoms with Gasteiger partial charge in [0.05, 0.1) is 5.56 Å². The standard InChI is InChI=1S/C14H15ClIN5O/c15-9-4-5-10(11(16)8-9)12(22)17-13-18-14(20-19-13)21-6-2-1-3-7-21/h4-5,8H,1-3,6-7H2,(H2,17,18,19,20,22). The SMILES string of the molecule is O=C(Nc1nc(N2CCCCC2)n[nH]1)c1ccc(Cl)cc1I. The fraction of sp³-hybridized carbons (Fsp3) is 0.357. The van der Waals surface area contributed by atoms with E-state index in [4.69, 9.17) is 11.6 Å². The average molecular weight is 432 g/mol. The minimum atomic E-state index is -0.234. The first-order chi connectivity index (χ1) is 10.6. The largest absolute Gasteiger partial charge is 0.340 e. The average Bonchev–Trinajstić information content (AvgIpc) is 2.96. The Labute approximate surface area is 146 Å². The van der Waals surface area contributed by atoms with Gasteiger partial charge in [-0.25, -0.2) is 5.10 Å². The van der Waals surface area contributed by atoms with Crippen LogP contribution in [-0.4, -0.2) is 34.2 Å². The number of H-pyrrole nitrogens is 1. The summed E-state index contributed by atoms with van der Waals surface area (Å²) < 4.78 is 0.790. The van der Waals surface area contributed by atoms with Gasteiger partial charge in [-0.1, -0.05) is 11.6 Å². The van der Waals surface area contributed by atoms with Gasteiger partial charge in [0.2, 0.25) is 11.9 Å². The number of piperidine rings is 1. The van der Waals surface area contributed by atoms with E-state index in [1.54, 1.807) is 18.2 Å². The highest BCUT2D eigenvalue weighted by Crippen LogP contribution is 2.20. The lowest BCUT2D eigenvalue weighted by molar-refractivity contribution is 0.102. The van der Waals surface area contributed by atoms with Crippen molar-refractivity contribution in [1.29, 1.82) is 0 Å². The fourth-order valence-corrected chi connectivity index (χ4v) is 3.51. The third-order valence-electron chi connectivity index (χ3n) is 3.52. The number of nitrogens with zero attached hydrogens (tertiary/aromatic N) is 3. The maximum atomic E-state index is 12.3. The first-order valence-corrected chi connectivity index (χ1v) is 8.53. The number of carbonyl (C=O) groups is 1. The molecule has 22 heavy (non-hydrogen) atoms. The molecule has 2 aromatic rings. The summed E-state index contributed by atoms with van der Waals surface area (Å²) in [4.78, 5) is 18.7. The lowest BCUT2D eigenvalue weighted by atomic mass is 10.1. The maximum Gasteiger partial charge on any atom is 0.259 e. The molecule has 3 rings (SSSR count).